The zero-order chi connectivity index (χ0) is 19.5. The molecule has 0 aromatic carbocycles. The number of rotatable bonds is 14. The zero-order valence-electron chi connectivity index (χ0n) is 16.8. The average molecular weight is 360 g/mol. The molecule has 3 heteroatoms. The summed E-state index contributed by atoms with van der Waals surface area (Å²) in [5.74, 6) is -0.158. The van der Waals surface area contributed by atoms with E-state index in [4.69, 9.17) is 0 Å². The first-order chi connectivity index (χ1) is 12.6. The summed E-state index contributed by atoms with van der Waals surface area (Å²) in [4.78, 5) is 11.9. The molecule has 3 nitrogen and oxygen atoms in total. The van der Waals surface area contributed by atoms with Gasteiger partial charge >= 0.3 is 0 Å². The number of allylic oxidation sites excluding steroid dienone is 9. The van der Waals surface area contributed by atoms with Crippen LogP contribution in [0.1, 0.15) is 65.7 Å². The summed E-state index contributed by atoms with van der Waals surface area (Å²) in [5, 5.41) is 13.4. The van der Waals surface area contributed by atoms with Crippen molar-refractivity contribution in [1.82, 2.24) is 5.32 Å². The predicted octanol–water partition coefficient (Wildman–Crippen LogP) is 5.41. The predicted molar refractivity (Wildman–Crippen MR) is 113 cm³/mol. The van der Waals surface area contributed by atoms with Crippen LogP contribution in [-0.2, 0) is 4.79 Å². The maximum absolute atomic E-state index is 11.9. The molecule has 146 valence electrons. The second-order valence-electron chi connectivity index (χ2n) is 6.50. The lowest BCUT2D eigenvalue weighted by Crippen LogP contribution is -2.42. The first kappa shape index (κ1) is 24.1. The molecule has 0 radical (unpaired) electrons. The van der Waals surface area contributed by atoms with Gasteiger partial charge in [0.05, 0.1) is 5.60 Å². The molecule has 0 aromatic heterocycles. The lowest BCUT2D eigenvalue weighted by Gasteiger charge is -2.27. The van der Waals surface area contributed by atoms with Gasteiger partial charge in [-0.2, -0.15) is 0 Å². The monoisotopic (exact) mass is 359 g/mol. The van der Waals surface area contributed by atoms with Crippen LogP contribution in [-0.4, -0.2) is 23.2 Å². The van der Waals surface area contributed by atoms with Crippen LogP contribution in [0.15, 0.2) is 60.8 Å². The number of carbonyl (C=O) groups is 1. The average Bonchev–Trinajstić information content (AvgIpc) is 2.63. The summed E-state index contributed by atoms with van der Waals surface area (Å²) >= 11 is 0. The Bertz CT molecular complexity index is 500. The third-order valence-corrected chi connectivity index (χ3v) is 3.96. The van der Waals surface area contributed by atoms with Gasteiger partial charge in [-0.15, -0.1) is 0 Å². The third-order valence-electron chi connectivity index (χ3n) is 3.96. The van der Waals surface area contributed by atoms with Gasteiger partial charge in [0.15, 0.2) is 0 Å². The van der Waals surface area contributed by atoms with Crippen LogP contribution < -0.4 is 5.32 Å². The Balaban J connectivity index is 4.07. The van der Waals surface area contributed by atoms with E-state index in [1.807, 2.05) is 49.5 Å². The van der Waals surface area contributed by atoms with E-state index in [2.05, 4.69) is 25.2 Å². The maximum atomic E-state index is 11.9. The van der Waals surface area contributed by atoms with Gasteiger partial charge in [-0.1, -0.05) is 87.8 Å². The highest BCUT2D eigenvalue weighted by Crippen LogP contribution is 2.19. The quantitative estimate of drug-likeness (QED) is 0.248. The SMILES string of the molecule is CC=CC=CC=CCCC=CC=CC(=O)NCC(O)(CCC)CCCC. The topological polar surface area (TPSA) is 49.3 Å². The number of carbonyl (C=O) groups excluding carboxylic acids is 1. The summed E-state index contributed by atoms with van der Waals surface area (Å²) in [6.07, 6.45) is 25.6. The molecule has 1 amide bonds. The van der Waals surface area contributed by atoms with Crippen molar-refractivity contribution in [3.05, 3.63) is 60.8 Å². The van der Waals surface area contributed by atoms with Crippen molar-refractivity contribution < 1.29 is 9.90 Å². The Kier molecular flexibility index (Phi) is 15.4. The molecule has 26 heavy (non-hydrogen) atoms. The van der Waals surface area contributed by atoms with Gasteiger partial charge in [-0.05, 0) is 32.6 Å². The molecule has 0 saturated carbocycles. The molecule has 0 bridgehead atoms. The van der Waals surface area contributed by atoms with E-state index >= 15 is 0 Å². The fourth-order valence-corrected chi connectivity index (χ4v) is 2.51. The largest absolute Gasteiger partial charge is 0.388 e. The second-order valence-corrected chi connectivity index (χ2v) is 6.50. The Labute approximate surface area is 160 Å². The van der Waals surface area contributed by atoms with Crippen LogP contribution in [0.2, 0.25) is 0 Å². The van der Waals surface area contributed by atoms with Crippen molar-refractivity contribution in [2.24, 2.45) is 0 Å². The van der Waals surface area contributed by atoms with E-state index in [-0.39, 0.29) is 5.91 Å². The number of hydrogen-bond acceptors (Lipinski definition) is 2. The van der Waals surface area contributed by atoms with E-state index in [0.717, 1.165) is 38.5 Å². The van der Waals surface area contributed by atoms with Crippen molar-refractivity contribution in [3.63, 3.8) is 0 Å². The molecule has 1 unspecified atom stereocenters. The standard InChI is InChI=1S/C23H37NO2/c1-4-7-9-10-11-12-13-14-15-16-17-18-22(25)24-21-23(26,19-6-3)20-8-5-2/h4,7,9-12,15-18,26H,5-6,8,13-14,19-21H2,1-3H3,(H,24,25). The highest BCUT2D eigenvalue weighted by molar-refractivity contribution is 5.87. The Morgan fingerprint density at radius 2 is 1.58 bits per heavy atom. The van der Waals surface area contributed by atoms with Crippen LogP contribution in [0, 0.1) is 0 Å². The molecule has 0 aliphatic heterocycles. The summed E-state index contributed by atoms with van der Waals surface area (Å²) in [6.45, 7) is 6.47. The minimum absolute atomic E-state index is 0.158. The van der Waals surface area contributed by atoms with Crippen molar-refractivity contribution in [2.75, 3.05) is 6.54 Å². The van der Waals surface area contributed by atoms with E-state index in [1.165, 1.54) is 6.08 Å². The minimum Gasteiger partial charge on any atom is -0.388 e. The van der Waals surface area contributed by atoms with Crippen molar-refractivity contribution in [3.8, 4) is 0 Å². The molecule has 0 heterocycles. The van der Waals surface area contributed by atoms with Gasteiger partial charge < -0.3 is 10.4 Å². The van der Waals surface area contributed by atoms with Crippen LogP contribution >= 0.6 is 0 Å². The van der Waals surface area contributed by atoms with Crippen LogP contribution in [0.5, 0.6) is 0 Å². The second kappa shape index (κ2) is 16.6. The van der Waals surface area contributed by atoms with Gasteiger partial charge in [0.2, 0.25) is 5.91 Å². The summed E-state index contributed by atoms with van der Waals surface area (Å²) < 4.78 is 0. The van der Waals surface area contributed by atoms with E-state index in [1.54, 1.807) is 6.08 Å². The molecule has 2 N–H and O–H groups in total. The van der Waals surface area contributed by atoms with Gasteiger partial charge in [0.1, 0.15) is 0 Å². The van der Waals surface area contributed by atoms with Gasteiger partial charge in [-0.3, -0.25) is 4.79 Å². The number of aliphatic hydroxyl groups is 1. The fourth-order valence-electron chi connectivity index (χ4n) is 2.51. The molecular formula is C23H37NO2. The Morgan fingerprint density at radius 1 is 0.923 bits per heavy atom. The number of amides is 1. The lowest BCUT2D eigenvalue weighted by molar-refractivity contribution is -0.118. The molecule has 0 aliphatic carbocycles. The summed E-state index contributed by atoms with van der Waals surface area (Å²) in [6, 6.07) is 0. The number of hydrogen-bond donors (Lipinski definition) is 2. The zero-order valence-corrected chi connectivity index (χ0v) is 16.8. The molecule has 0 spiro atoms. The fraction of sp³-hybridized carbons (Fsp3) is 0.522. The molecule has 1 atom stereocenters. The summed E-state index contributed by atoms with van der Waals surface area (Å²) in [7, 11) is 0. The first-order valence-electron chi connectivity index (χ1n) is 9.86. The van der Waals surface area contributed by atoms with Crippen molar-refractivity contribution in [2.45, 2.75) is 71.3 Å². The molecule has 0 fully saturated rings. The Morgan fingerprint density at radius 3 is 2.19 bits per heavy atom. The highest BCUT2D eigenvalue weighted by Gasteiger charge is 2.25. The van der Waals surface area contributed by atoms with Crippen LogP contribution in [0.4, 0.5) is 0 Å². The molecule has 0 rings (SSSR count). The van der Waals surface area contributed by atoms with E-state index < -0.39 is 5.60 Å². The number of unbranched alkanes of at least 4 members (excludes halogenated alkanes) is 2. The third kappa shape index (κ3) is 14.5. The number of nitrogens with one attached hydrogen (secondary N) is 1. The van der Waals surface area contributed by atoms with Crippen LogP contribution in [0.3, 0.4) is 0 Å². The van der Waals surface area contributed by atoms with Crippen molar-refractivity contribution >= 4 is 5.91 Å². The summed E-state index contributed by atoms with van der Waals surface area (Å²) in [5.41, 5.74) is -0.780. The first-order valence-corrected chi connectivity index (χ1v) is 9.86. The molecule has 0 saturated heterocycles. The molecule has 0 aromatic rings. The van der Waals surface area contributed by atoms with Crippen molar-refractivity contribution in [1.29, 1.82) is 0 Å². The molecule has 0 aliphatic rings. The van der Waals surface area contributed by atoms with Gasteiger partial charge in [0.25, 0.3) is 0 Å². The van der Waals surface area contributed by atoms with Crippen LogP contribution in [0.25, 0.3) is 0 Å². The van der Waals surface area contributed by atoms with E-state index in [0.29, 0.717) is 13.0 Å². The maximum Gasteiger partial charge on any atom is 0.244 e. The Hall–Kier alpha value is -1.87. The molecular weight excluding hydrogens is 322 g/mol. The minimum atomic E-state index is -0.780. The normalized spacial score (nSPS) is 15.1. The van der Waals surface area contributed by atoms with Gasteiger partial charge in [0, 0.05) is 12.6 Å². The highest BCUT2D eigenvalue weighted by atomic mass is 16.3. The van der Waals surface area contributed by atoms with E-state index in [9.17, 15) is 9.90 Å². The lowest BCUT2D eigenvalue weighted by atomic mass is 9.91. The smallest absolute Gasteiger partial charge is 0.244 e. The van der Waals surface area contributed by atoms with Gasteiger partial charge in [-0.25, -0.2) is 0 Å².